The highest BCUT2D eigenvalue weighted by atomic mass is 16.5. The topological polar surface area (TPSA) is 70.1 Å². The lowest BCUT2D eigenvalue weighted by Gasteiger charge is -2.34. The molecule has 0 spiro atoms. The van der Waals surface area contributed by atoms with E-state index in [4.69, 9.17) is 4.74 Å². The molecule has 6 heteroatoms. The van der Waals surface area contributed by atoms with Gasteiger partial charge in [0, 0.05) is 32.6 Å². The van der Waals surface area contributed by atoms with E-state index >= 15 is 0 Å². The van der Waals surface area contributed by atoms with Crippen LogP contribution in [0.15, 0.2) is 54.6 Å². The normalized spacial score (nSPS) is 21.0. The van der Waals surface area contributed by atoms with Gasteiger partial charge in [-0.1, -0.05) is 42.5 Å². The molecule has 0 aromatic heterocycles. The molecule has 152 valence electrons. The average Bonchev–Trinajstić information content (AvgIpc) is 3.53. The molecule has 2 aliphatic rings. The van der Waals surface area contributed by atoms with Gasteiger partial charge in [0.15, 0.2) is 18.1 Å². The summed E-state index contributed by atoms with van der Waals surface area (Å²) in [5.74, 6) is 1.32. The maximum atomic E-state index is 12.6. The van der Waals surface area contributed by atoms with Gasteiger partial charge in [-0.3, -0.25) is 9.59 Å². The number of hydrogen-bond acceptors (Lipinski definition) is 4. The minimum atomic E-state index is -0.133. The third kappa shape index (κ3) is 4.70. The number of carbonyl (C=O) groups is 2. The van der Waals surface area contributed by atoms with Crippen molar-refractivity contribution >= 4 is 11.8 Å². The maximum absolute atomic E-state index is 12.6. The summed E-state index contributed by atoms with van der Waals surface area (Å²) in [6, 6.07) is 17.0. The minimum absolute atomic E-state index is 0.0181. The number of rotatable bonds is 6. The Morgan fingerprint density at radius 2 is 1.52 bits per heavy atom. The van der Waals surface area contributed by atoms with Crippen LogP contribution in [0.2, 0.25) is 0 Å². The molecular weight excluding hydrogens is 368 g/mol. The smallest absolute Gasteiger partial charge is 0.260 e. The van der Waals surface area contributed by atoms with Crippen molar-refractivity contribution in [3.8, 4) is 11.5 Å². The summed E-state index contributed by atoms with van der Waals surface area (Å²) < 4.78 is 5.42. The van der Waals surface area contributed by atoms with Crippen LogP contribution >= 0.6 is 0 Å². The Bertz CT molecular complexity index is 862. The highest BCUT2D eigenvalue weighted by Crippen LogP contribution is 2.49. The number of amides is 2. The molecule has 1 saturated heterocycles. The first-order chi connectivity index (χ1) is 14.1. The second-order valence-corrected chi connectivity index (χ2v) is 7.74. The number of hydrogen-bond donors (Lipinski definition) is 1. The molecule has 2 aromatic rings. The molecule has 6 nitrogen and oxygen atoms in total. The Morgan fingerprint density at radius 3 is 2.21 bits per heavy atom. The van der Waals surface area contributed by atoms with E-state index in [1.165, 1.54) is 11.6 Å². The van der Waals surface area contributed by atoms with Gasteiger partial charge in [-0.25, -0.2) is 0 Å². The zero-order valence-electron chi connectivity index (χ0n) is 16.4. The predicted octanol–water partition coefficient (Wildman–Crippen LogP) is 2.64. The summed E-state index contributed by atoms with van der Waals surface area (Å²) >= 11 is 0. The molecule has 29 heavy (non-hydrogen) atoms. The van der Waals surface area contributed by atoms with Crippen molar-refractivity contribution in [1.29, 1.82) is 0 Å². The molecule has 2 aromatic carbocycles. The van der Waals surface area contributed by atoms with Crippen LogP contribution < -0.4 is 4.74 Å². The number of phenols is 1. The number of phenolic OH excluding ortho intramolecular Hbond substituents is 1. The molecule has 1 saturated carbocycles. The van der Waals surface area contributed by atoms with Crippen LogP contribution in [0.25, 0.3) is 0 Å². The fourth-order valence-electron chi connectivity index (χ4n) is 3.95. The Morgan fingerprint density at radius 1 is 0.897 bits per heavy atom. The van der Waals surface area contributed by atoms with Gasteiger partial charge < -0.3 is 19.6 Å². The average molecular weight is 394 g/mol. The lowest BCUT2D eigenvalue weighted by molar-refractivity contribution is -0.140. The quantitative estimate of drug-likeness (QED) is 0.818. The second-order valence-electron chi connectivity index (χ2n) is 7.74. The van der Waals surface area contributed by atoms with E-state index < -0.39 is 0 Å². The van der Waals surface area contributed by atoms with Gasteiger partial charge in [0.2, 0.25) is 5.91 Å². The molecule has 1 heterocycles. The molecule has 2 fully saturated rings. The SMILES string of the molecule is O=C(COc1ccccc1O)N1CCN(C(=O)C[C@@H]2C[C@H]2c2ccccc2)CC1. The van der Waals surface area contributed by atoms with Crippen molar-refractivity contribution in [2.24, 2.45) is 5.92 Å². The fraction of sp³-hybridized carbons (Fsp3) is 0.391. The molecule has 0 radical (unpaired) electrons. The number of piperazine rings is 1. The Kier molecular flexibility index (Phi) is 5.69. The third-order valence-electron chi connectivity index (χ3n) is 5.79. The van der Waals surface area contributed by atoms with E-state index in [9.17, 15) is 14.7 Å². The zero-order valence-corrected chi connectivity index (χ0v) is 16.4. The summed E-state index contributed by atoms with van der Waals surface area (Å²) in [5, 5.41) is 9.70. The third-order valence-corrected chi connectivity index (χ3v) is 5.79. The predicted molar refractivity (Wildman–Crippen MR) is 109 cm³/mol. The highest BCUT2D eigenvalue weighted by molar-refractivity contribution is 5.79. The van der Waals surface area contributed by atoms with Gasteiger partial charge >= 0.3 is 0 Å². The lowest BCUT2D eigenvalue weighted by atomic mass is 10.1. The van der Waals surface area contributed by atoms with Crippen LogP contribution in [-0.2, 0) is 9.59 Å². The van der Waals surface area contributed by atoms with Gasteiger partial charge in [-0.2, -0.15) is 0 Å². The first-order valence-corrected chi connectivity index (χ1v) is 10.1. The lowest BCUT2D eigenvalue weighted by Crippen LogP contribution is -2.51. The van der Waals surface area contributed by atoms with Crippen molar-refractivity contribution in [3.63, 3.8) is 0 Å². The first kappa shape index (κ1) is 19.3. The molecule has 2 atom stereocenters. The Hall–Kier alpha value is -3.02. The number of para-hydroxylation sites is 2. The second kappa shape index (κ2) is 8.55. The van der Waals surface area contributed by atoms with Gasteiger partial charge in [-0.05, 0) is 36.0 Å². The molecule has 1 aliphatic heterocycles. The maximum Gasteiger partial charge on any atom is 0.260 e. The number of nitrogens with zero attached hydrogens (tertiary/aromatic N) is 2. The standard InChI is InChI=1S/C23H26N2O4/c26-20-8-4-5-9-21(20)29-16-23(28)25-12-10-24(11-13-25)22(27)15-18-14-19(18)17-6-2-1-3-7-17/h1-9,18-19,26H,10-16H2/t18-,19-/m0/s1. The van der Waals surface area contributed by atoms with E-state index in [1.807, 2.05) is 23.1 Å². The largest absolute Gasteiger partial charge is 0.504 e. The number of benzene rings is 2. The van der Waals surface area contributed by atoms with Crippen LogP contribution in [0.3, 0.4) is 0 Å². The van der Waals surface area contributed by atoms with E-state index in [-0.39, 0.29) is 24.2 Å². The summed E-state index contributed by atoms with van der Waals surface area (Å²) in [7, 11) is 0. The van der Waals surface area contributed by atoms with E-state index in [2.05, 4.69) is 12.1 Å². The van der Waals surface area contributed by atoms with Crippen molar-refractivity contribution in [1.82, 2.24) is 9.80 Å². The molecule has 1 aliphatic carbocycles. The van der Waals surface area contributed by atoms with Crippen molar-refractivity contribution in [3.05, 3.63) is 60.2 Å². The molecule has 0 unspecified atom stereocenters. The molecule has 4 rings (SSSR count). The van der Waals surface area contributed by atoms with Crippen LogP contribution in [0, 0.1) is 5.92 Å². The summed E-state index contributed by atoms with van der Waals surface area (Å²) in [6.45, 7) is 2.03. The monoisotopic (exact) mass is 394 g/mol. The van der Waals surface area contributed by atoms with Gasteiger partial charge in [-0.15, -0.1) is 0 Å². The minimum Gasteiger partial charge on any atom is -0.504 e. The van der Waals surface area contributed by atoms with Crippen molar-refractivity contribution in [2.75, 3.05) is 32.8 Å². The Labute approximate surface area is 170 Å². The fourth-order valence-corrected chi connectivity index (χ4v) is 3.95. The van der Waals surface area contributed by atoms with Crippen LogP contribution in [-0.4, -0.2) is 59.5 Å². The van der Waals surface area contributed by atoms with E-state index in [1.54, 1.807) is 23.1 Å². The summed E-state index contributed by atoms with van der Waals surface area (Å²) in [4.78, 5) is 28.6. The van der Waals surface area contributed by atoms with Crippen LogP contribution in [0.4, 0.5) is 0 Å². The Balaban J connectivity index is 1.20. The molecule has 1 N–H and O–H groups in total. The molecule has 2 amide bonds. The summed E-state index contributed by atoms with van der Waals surface area (Å²) in [5.41, 5.74) is 1.32. The van der Waals surface area contributed by atoms with Gasteiger partial charge in [0.25, 0.3) is 5.91 Å². The molecular formula is C23H26N2O4. The van der Waals surface area contributed by atoms with Crippen molar-refractivity contribution < 1.29 is 19.4 Å². The van der Waals surface area contributed by atoms with Crippen LogP contribution in [0.5, 0.6) is 11.5 Å². The number of ether oxygens (including phenoxy) is 1. The summed E-state index contributed by atoms with van der Waals surface area (Å²) in [6.07, 6.45) is 1.67. The first-order valence-electron chi connectivity index (χ1n) is 10.1. The van der Waals surface area contributed by atoms with Crippen LogP contribution in [0.1, 0.15) is 24.3 Å². The van der Waals surface area contributed by atoms with E-state index in [0.717, 1.165) is 6.42 Å². The van der Waals surface area contributed by atoms with Gasteiger partial charge in [0.05, 0.1) is 0 Å². The van der Waals surface area contributed by atoms with Crippen molar-refractivity contribution in [2.45, 2.75) is 18.8 Å². The number of carbonyl (C=O) groups excluding carboxylic acids is 2. The highest BCUT2D eigenvalue weighted by Gasteiger charge is 2.40. The van der Waals surface area contributed by atoms with E-state index in [0.29, 0.717) is 50.2 Å². The van der Waals surface area contributed by atoms with Gasteiger partial charge in [0.1, 0.15) is 0 Å². The number of aromatic hydroxyl groups is 1. The molecule has 0 bridgehead atoms. The zero-order chi connectivity index (χ0) is 20.2.